The van der Waals surface area contributed by atoms with Gasteiger partial charge in [0.05, 0.1) is 24.2 Å². The smallest absolute Gasteiger partial charge is 0.134 e. The van der Waals surface area contributed by atoms with Crippen molar-refractivity contribution in [3.8, 4) is 5.75 Å². The maximum atomic E-state index is 6.45. The average molecular weight is 413 g/mol. The molecule has 1 aliphatic heterocycles. The summed E-state index contributed by atoms with van der Waals surface area (Å²) in [6, 6.07) is 8.50. The van der Waals surface area contributed by atoms with Crippen molar-refractivity contribution in [3.05, 3.63) is 46.4 Å². The first-order valence-corrected chi connectivity index (χ1v) is 12.0. The summed E-state index contributed by atoms with van der Waals surface area (Å²) in [5.74, 6) is 2.41. The quantitative estimate of drug-likeness (QED) is 0.654. The van der Waals surface area contributed by atoms with Crippen LogP contribution in [-0.2, 0) is 16.7 Å². The Morgan fingerprint density at radius 3 is 2.93 bits per heavy atom. The number of thiophene rings is 1. The fourth-order valence-corrected chi connectivity index (χ4v) is 7.17. The highest BCUT2D eigenvalue weighted by Crippen LogP contribution is 2.60. The van der Waals surface area contributed by atoms with Gasteiger partial charge in [-0.3, -0.25) is 4.98 Å². The van der Waals surface area contributed by atoms with Gasteiger partial charge in [0.2, 0.25) is 0 Å². The van der Waals surface area contributed by atoms with Crippen molar-refractivity contribution in [1.29, 1.82) is 0 Å². The van der Waals surface area contributed by atoms with Crippen LogP contribution >= 0.6 is 11.3 Å². The highest BCUT2D eigenvalue weighted by Gasteiger charge is 2.59. The standard InChI is InChI=1S/C24H32N2O2S/c1-27-20-7-13-29-21(20)16-25-12-10-23(22-6-2-5-11-26-22)14-18-17-28-24(19(18)15-23)8-3-4-9-24/h2,5-7,11,13,18-19,25H,3-4,8-10,12,14-17H2,1H3/t18-,19-,23+/m0/s1. The van der Waals surface area contributed by atoms with E-state index in [4.69, 9.17) is 14.5 Å². The molecule has 4 nitrogen and oxygen atoms in total. The molecule has 2 aliphatic carbocycles. The van der Waals surface area contributed by atoms with Gasteiger partial charge in [-0.1, -0.05) is 18.9 Å². The Morgan fingerprint density at radius 2 is 2.14 bits per heavy atom. The van der Waals surface area contributed by atoms with Crippen molar-refractivity contribution >= 4 is 11.3 Å². The number of aromatic nitrogens is 1. The maximum Gasteiger partial charge on any atom is 0.134 e. The number of nitrogens with one attached hydrogen (secondary N) is 1. The predicted octanol–water partition coefficient (Wildman–Crippen LogP) is 4.94. The van der Waals surface area contributed by atoms with Gasteiger partial charge in [-0.05, 0) is 74.1 Å². The monoisotopic (exact) mass is 412 g/mol. The lowest BCUT2D eigenvalue weighted by molar-refractivity contribution is -0.0226. The second-order valence-corrected chi connectivity index (χ2v) is 10.2. The van der Waals surface area contributed by atoms with E-state index in [1.807, 2.05) is 12.3 Å². The van der Waals surface area contributed by atoms with Crippen molar-refractivity contribution in [2.45, 2.75) is 62.5 Å². The topological polar surface area (TPSA) is 43.4 Å². The normalized spacial score (nSPS) is 30.1. The van der Waals surface area contributed by atoms with Gasteiger partial charge in [-0.2, -0.15) is 0 Å². The van der Waals surface area contributed by atoms with Crippen LogP contribution in [0.3, 0.4) is 0 Å². The number of nitrogens with zero attached hydrogens (tertiary/aromatic N) is 1. The lowest BCUT2D eigenvalue weighted by Crippen LogP contribution is -2.36. The zero-order chi connectivity index (χ0) is 19.7. The molecule has 1 N–H and O–H groups in total. The number of hydrogen-bond donors (Lipinski definition) is 1. The molecule has 1 saturated heterocycles. The molecule has 5 heteroatoms. The van der Waals surface area contributed by atoms with Gasteiger partial charge in [0.1, 0.15) is 5.75 Å². The van der Waals surface area contributed by atoms with Crippen LogP contribution in [0, 0.1) is 11.8 Å². The second kappa shape index (κ2) is 8.01. The van der Waals surface area contributed by atoms with E-state index >= 15 is 0 Å². The number of ether oxygens (including phenoxy) is 2. The third-order valence-corrected chi connectivity index (χ3v) is 8.64. The largest absolute Gasteiger partial charge is 0.496 e. The molecule has 156 valence electrons. The van der Waals surface area contributed by atoms with Gasteiger partial charge in [-0.15, -0.1) is 11.3 Å². The minimum absolute atomic E-state index is 0.180. The molecule has 0 aromatic carbocycles. The van der Waals surface area contributed by atoms with Gasteiger partial charge in [0.25, 0.3) is 0 Å². The lowest BCUT2D eigenvalue weighted by Gasteiger charge is -2.34. The Morgan fingerprint density at radius 1 is 1.24 bits per heavy atom. The highest BCUT2D eigenvalue weighted by atomic mass is 32.1. The first-order chi connectivity index (χ1) is 14.2. The van der Waals surface area contributed by atoms with Crippen molar-refractivity contribution < 1.29 is 9.47 Å². The van der Waals surface area contributed by atoms with Crippen LogP contribution in [0.15, 0.2) is 35.8 Å². The molecule has 5 rings (SSSR count). The van der Waals surface area contributed by atoms with Crippen LogP contribution in [0.25, 0.3) is 0 Å². The van der Waals surface area contributed by atoms with Crippen LogP contribution in [0.4, 0.5) is 0 Å². The molecule has 3 fully saturated rings. The Balaban J connectivity index is 1.30. The van der Waals surface area contributed by atoms with Crippen molar-refractivity contribution in [2.75, 3.05) is 20.3 Å². The van der Waals surface area contributed by atoms with Gasteiger partial charge in [0, 0.05) is 23.9 Å². The molecule has 2 aromatic heterocycles. The maximum absolute atomic E-state index is 6.45. The van der Waals surface area contributed by atoms with Crippen LogP contribution in [0.2, 0.25) is 0 Å². The molecule has 1 spiro atoms. The number of rotatable bonds is 7. The van der Waals surface area contributed by atoms with Crippen molar-refractivity contribution in [3.63, 3.8) is 0 Å². The molecular formula is C24H32N2O2S. The SMILES string of the molecule is COc1ccsc1CNCC[C@@]1(c2ccccn2)C[C@H]2COC3(CCCC3)[C@H]2C1. The highest BCUT2D eigenvalue weighted by molar-refractivity contribution is 7.10. The first kappa shape index (κ1) is 19.5. The fraction of sp³-hybridized carbons (Fsp3) is 0.625. The van der Waals surface area contributed by atoms with Crippen LogP contribution in [0.1, 0.15) is 55.5 Å². The zero-order valence-electron chi connectivity index (χ0n) is 17.4. The van der Waals surface area contributed by atoms with Crippen LogP contribution < -0.4 is 10.1 Å². The molecule has 3 aliphatic rings. The molecule has 0 unspecified atom stereocenters. The van der Waals surface area contributed by atoms with E-state index in [1.165, 1.54) is 49.1 Å². The van der Waals surface area contributed by atoms with E-state index < -0.39 is 0 Å². The third kappa shape index (κ3) is 3.51. The first-order valence-electron chi connectivity index (χ1n) is 11.1. The molecule has 0 amide bonds. The molecule has 29 heavy (non-hydrogen) atoms. The Bertz CT molecular complexity index is 817. The molecule has 0 bridgehead atoms. The second-order valence-electron chi connectivity index (χ2n) is 9.19. The fourth-order valence-electron chi connectivity index (χ4n) is 6.36. The molecule has 3 atom stereocenters. The summed E-state index contributed by atoms with van der Waals surface area (Å²) in [6.07, 6.45) is 10.8. The molecule has 2 saturated carbocycles. The summed E-state index contributed by atoms with van der Waals surface area (Å²) in [6.45, 7) is 2.84. The van der Waals surface area contributed by atoms with Gasteiger partial charge in [-0.25, -0.2) is 0 Å². The van der Waals surface area contributed by atoms with Crippen LogP contribution in [-0.4, -0.2) is 30.8 Å². The number of pyridine rings is 1. The van der Waals surface area contributed by atoms with E-state index in [-0.39, 0.29) is 11.0 Å². The summed E-state index contributed by atoms with van der Waals surface area (Å²) in [5.41, 5.74) is 1.65. The minimum Gasteiger partial charge on any atom is -0.496 e. The number of methoxy groups -OCH3 is 1. The lowest BCUT2D eigenvalue weighted by atomic mass is 9.75. The minimum atomic E-state index is 0.180. The van der Waals surface area contributed by atoms with Gasteiger partial charge < -0.3 is 14.8 Å². The van der Waals surface area contributed by atoms with E-state index in [2.05, 4.69) is 28.9 Å². The van der Waals surface area contributed by atoms with Crippen LogP contribution in [0.5, 0.6) is 5.75 Å². The van der Waals surface area contributed by atoms with E-state index in [0.717, 1.165) is 31.9 Å². The summed E-state index contributed by atoms with van der Waals surface area (Å²) < 4.78 is 11.9. The van der Waals surface area contributed by atoms with E-state index in [1.54, 1.807) is 18.4 Å². The van der Waals surface area contributed by atoms with E-state index in [0.29, 0.717) is 11.8 Å². The van der Waals surface area contributed by atoms with Crippen molar-refractivity contribution in [1.82, 2.24) is 10.3 Å². The Kier molecular flexibility index (Phi) is 5.39. The van der Waals surface area contributed by atoms with Gasteiger partial charge >= 0.3 is 0 Å². The molecule has 0 radical (unpaired) electrons. The zero-order valence-corrected chi connectivity index (χ0v) is 18.2. The summed E-state index contributed by atoms with van der Waals surface area (Å²) >= 11 is 1.76. The summed E-state index contributed by atoms with van der Waals surface area (Å²) in [4.78, 5) is 6.12. The number of fused-ring (bicyclic) bond motifs is 2. The van der Waals surface area contributed by atoms with Gasteiger partial charge in [0.15, 0.2) is 0 Å². The third-order valence-electron chi connectivity index (χ3n) is 7.74. The Hall–Kier alpha value is -1.43. The summed E-state index contributed by atoms with van der Waals surface area (Å²) in [5, 5.41) is 5.78. The molecule has 3 heterocycles. The Labute approximate surface area is 178 Å². The number of hydrogen-bond acceptors (Lipinski definition) is 5. The van der Waals surface area contributed by atoms with E-state index in [9.17, 15) is 0 Å². The molecular weight excluding hydrogens is 380 g/mol. The predicted molar refractivity (Wildman–Crippen MR) is 116 cm³/mol. The average Bonchev–Trinajstić information content (AvgIpc) is 3.53. The summed E-state index contributed by atoms with van der Waals surface area (Å²) in [7, 11) is 1.75. The molecule has 2 aromatic rings. The van der Waals surface area contributed by atoms with Crippen molar-refractivity contribution in [2.24, 2.45) is 11.8 Å².